The fourth-order valence-corrected chi connectivity index (χ4v) is 3.58. The molecule has 0 radical (unpaired) electrons. The van der Waals surface area contributed by atoms with Crippen molar-refractivity contribution in [3.05, 3.63) is 71.8 Å². The molecule has 27 heavy (non-hydrogen) atoms. The Balaban J connectivity index is 1.53. The first-order chi connectivity index (χ1) is 13.2. The molecule has 2 aromatic carbocycles. The maximum absolute atomic E-state index is 13.1. The third-order valence-electron chi connectivity index (χ3n) is 5.42. The Morgan fingerprint density at radius 1 is 1.04 bits per heavy atom. The lowest BCUT2D eigenvalue weighted by Gasteiger charge is -2.28. The fourth-order valence-electron chi connectivity index (χ4n) is 3.58. The number of ether oxygens (including phenoxy) is 1. The van der Waals surface area contributed by atoms with Crippen molar-refractivity contribution in [1.29, 1.82) is 0 Å². The second-order valence-electron chi connectivity index (χ2n) is 7.59. The molecule has 0 saturated heterocycles. The van der Waals surface area contributed by atoms with Crippen molar-refractivity contribution in [3.63, 3.8) is 0 Å². The number of hydrogen-bond donors (Lipinski definition) is 0. The van der Waals surface area contributed by atoms with Gasteiger partial charge < -0.3 is 9.64 Å². The number of benzene rings is 2. The van der Waals surface area contributed by atoms with Gasteiger partial charge in [0.1, 0.15) is 0 Å². The molecule has 0 aromatic heterocycles. The van der Waals surface area contributed by atoms with Crippen molar-refractivity contribution in [2.24, 2.45) is 0 Å². The van der Waals surface area contributed by atoms with E-state index in [2.05, 4.69) is 24.3 Å². The Hall–Kier alpha value is -2.13. The largest absolute Gasteiger partial charge is 0.377 e. The molecule has 3 rings (SSSR count). The first-order valence-corrected chi connectivity index (χ1v) is 10.1. The van der Waals surface area contributed by atoms with Gasteiger partial charge in [-0.05, 0) is 50.2 Å². The Bertz CT molecular complexity index is 697. The first kappa shape index (κ1) is 19.6. The lowest BCUT2D eigenvalue weighted by Crippen LogP contribution is -2.38. The monoisotopic (exact) mass is 365 g/mol. The van der Waals surface area contributed by atoms with Crippen LogP contribution >= 0.6 is 0 Å². The highest BCUT2D eigenvalue weighted by Gasteiger charge is 2.36. The second-order valence-corrected chi connectivity index (χ2v) is 7.59. The van der Waals surface area contributed by atoms with Gasteiger partial charge in [-0.3, -0.25) is 4.79 Å². The molecular formula is C24H31NO2. The predicted molar refractivity (Wildman–Crippen MR) is 110 cm³/mol. The fraction of sp³-hybridized carbons (Fsp3) is 0.458. The van der Waals surface area contributed by atoms with Gasteiger partial charge in [0.15, 0.2) is 0 Å². The normalized spacial score (nSPS) is 15.9. The highest BCUT2D eigenvalue weighted by molar-refractivity contribution is 5.84. The van der Waals surface area contributed by atoms with Gasteiger partial charge in [0, 0.05) is 19.7 Å². The minimum atomic E-state index is -0.231. The molecule has 1 saturated carbocycles. The Morgan fingerprint density at radius 2 is 1.67 bits per heavy atom. The number of amides is 1. The van der Waals surface area contributed by atoms with Crippen molar-refractivity contribution in [2.75, 3.05) is 13.7 Å². The average molecular weight is 366 g/mol. The van der Waals surface area contributed by atoms with E-state index in [-0.39, 0.29) is 17.9 Å². The van der Waals surface area contributed by atoms with Crippen molar-refractivity contribution in [2.45, 2.75) is 57.1 Å². The number of rotatable bonds is 10. The third-order valence-corrected chi connectivity index (χ3v) is 5.42. The molecule has 0 heterocycles. The minimum absolute atomic E-state index is 0.127. The molecule has 2 unspecified atom stereocenters. The van der Waals surface area contributed by atoms with E-state index in [4.69, 9.17) is 4.74 Å². The lowest BCUT2D eigenvalue weighted by molar-refractivity contribution is -0.135. The van der Waals surface area contributed by atoms with Crippen LogP contribution in [0.5, 0.6) is 0 Å². The number of nitrogens with zero attached hydrogens (tertiary/aromatic N) is 1. The van der Waals surface area contributed by atoms with Crippen LogP contribution in [-0.4, -0.2) is 36.6 Å². The third kappa shape index (κ3) is 5.67. The zero-order valence-corrected chi connectivity index (χ0v) is 16.5. The topological polar surface area (TPSA) is 29.5 Å². The molecule has 144 valence electrons. The summed E-state index contributed by atoms with van der Waals surface area (Å²) < 4.78 is 6.12. The van der Waals surface area contributed by atoms with E-state index in [0.717, 1.165) is 37.7 Å². The number of unbranched alkanes of at least 4 members (excludes halogenated alkanes) is 1. The van der Waals surface area contributed by atoms with Gasteiger partial charge in [-0.2, -0.15) is 0 Å². The second kappa shape index (κ2) is 9.70. The molecule has 0 bridgehead atoms. The molecule has 2 atom stereocenters. The molecular weight excluding hydrogens is 334 g/mol. The molecule has 3 heteroatoms. The summed E-state index contributed by atoms with van der Waals surface area (Å²) in [4.78, 5) is 15.0. The number of carbonyl (C=O) groups excluding carboxylic acids is 1. The Kier molecular flexibility index (Phi) is 7.05. The van der Waals surface area contributed by atoms with Gasteiger partial charge >= 0.3 is 0 Å². The quantitative estimate of drug-likeness (QED) is 0.565. The number of aryl methyl sites for hydroxylation is 1. The summed E-state index contributed by atoms with van der Waals surface area (Å²) in [5.74, 6) is -0.0496. The van der Waals surface area contributed by atoms with Crippen molar-refractivity contribution in [1.82, 2.24) is 4.90 Å². The van der Waals surface area contributed by atoms with E-state index in [1.54, 1.807) is 0 Å². The highest BCUT2D eigenvalue weighted by atomic mass is 16.5. The molecule has 1 aliphatic carbocycles. The van der Waals surface area contributed by atoms with Crippen LogP contribution in [0, 0.1) is 0 Å². The standard InChI is InChI=1S/C24H31NO2/c1-19(27-18-10-9-13-20-11-5-3-6-12-20)23(21-14-7-4-8-15-21)24(26)25(2)22-16-17-22/h3-8,11-12,14-15,19,22-23H,9-10,13,16-18H2,1-2H3. The zero-order chi connectivity index (χ0) is 19.1. The van der Waals surface area contributed by atoms with Crippen molar-refractivity contribution in [3.8, 4) is 0 Å². The minimum Gasteiger partial charge on any atom is -0.377 e. The van der Waals surface area contributed by atoms with Crippen LogP contribution < -0.4 is 0 Å². The van der Waals surface area contributed by atoms with Crippen LogP contribution in [-0.2, 0) is 16.0 Å². The van der Waals surface area contributed by atoms with E-state index in [0.29, 0.717) is 12.6 Å². The summed E-state index contributed by atoms with van der Waals surface area (Å²) in [6.45, 7) is 2.73. The molecule has 0 spiro atoms. The van der Waals surface area contributed by atoms with Crippen molar-refractivity contribution < 1.29 is 9.53 Å². The molecule has 2 aromatic rings. The zero-order valence-electron chi connectivity index (χ0n) is 16.5. The smallest absolute Gasteiger partial charge is 0.232 e. The summed E-state index contributed by atoms with van der Waals surface area (Å²) >= 11 is 0. The van der Waals surface area contributed by atoms with Crippen molar-refractivity contribution >= 4 is 5.91 Å². The van der Waals surface area contributed by atoms with E-state index in [1.165, 1.54) is 5.56 Å². The summed E-state index contributed by atoms with van der Waals surface area (Å²) in [6, 6.07) is 21.0. The molecule has 3 nitrogen and oxygen atoms in total. The number of carbonyl (C=O) groups is 1. The summed E-state index contributed by atoms with van der Waals surface area (Å²) in [5.41, 5.74) is 2.42. The van der Waals surface area contributed by atoms with E-state index in [9.17, 15) is 4.79 Å². The van der Waals surface area contributed by atoms with Gasteiger partial charge in [-0.15, -0.1) is 0 Å². The first-order valence-electron chi connectivity index (χ1n) is 10.1. The van der Waals surface area contributed by atoms with Crippen LogP contribution in [0.2, 0.25) is 0 Å². The van der Waals surface area contributed by atoms with E-state index < -0.39 is 0 Å². The van der Waals surface area contributed by atoms with E-state index in [1.807, 2.05) is 55.3 Å². The maximum Gasteiger partial charge on any atom is 0.232 e. The molecule has 0 aliphatic heterocycles. The van der Waals surface area contributed by atoms with Crippen LogP contribution in [0.4, 0.5) is 0 Å². The Labute approximate surface area is 163 Å². The SMILES string of the molecule is CC(OCCCCc1ccccc1)C(C(=O)N(C)C1CC1)c1ccccc1. The predicted octanol–water partition coefficient (Wildman–Crippen LogP) is 4.82. The van der Waals surface area contributed by atoms with Gasteiger partial charge in [0.2, 0.25) is 5.91 Å². The van der Waals surface area contributed by atoms with E-state index >= 15 is 0 Å². The summed E-state index contributed by atoms with van der Waals surface area (Å²) in [7, 11) is 1.93. The van der Waals surface area contributed by atoms with Gasteiger partial charge in [-0.1, -0.05) is 60.7 Å². The lowest BCUT2D eigenvalue weighted by atomic mass is 9.92. The number of likely N-dealkylation sites (N-methyl/N-ethyl adjacent to an activating group) is 1. The molecule has 1 amide bonds. The van der Waals surface area contributed by atoms with Gasteiger partial charge in [0.25, 0.3) is 0 Å². The van der Waals surface area contributed by atoms with Crippen LogP contribution in [0.1, 0.15) is 49.7 Å². The Morgan fingerprint density at radius 3 is 2.30 bits per heavy atom. The van der Waals surface area contributed by atoms with Crippen LogP contribution in [0.25, 0.3) is 0 Å². The van der Waals surface area contributed by atoms with Crippen LogP contribution in [0.15, 0.2) is 60.7 Å². The average Bonchev–Trinajstić information content (AvgIpc) is 3.54. The maximum atomic E-state index is 13.1. The summed E-state index contributed by atoms with van der Waals surface area (Å²) in [5, 5.41) is 0. The van der Waals surface area contributed by atoms with Gasteiger partial charge in [0.05, 0.1) is 12.0 Å². The molecule has 1 fully saturated rings. The molecule has 0 N–H and O–H groups in total. The van der Waals surface area contributed by atoms with Gasteiger partial charge in [-0.25, -0.2) is 0 Å². The van der Waals surface area contributed by atoms with Crippen LogP contribution in [0.3, 0.4) is 0 Å². The number of hydrogen-bond acceptors (Lipinski definition) is 2. The molecule has 1 aliphatic rings. The summed E-state index contributed by atoms with van der Waals surface area (Å²) in [6.07, 6.45) is 5.30. The highest BCUT2D eigenvalue weighted by Crippen LogP contribution is 2.31.